The molecule has 2 aliphatic rings. The molecule has 4 rings (SSSR count). The van der Waals surface area contributed by atoms with E-state index in [-0.39, 0.29) is 18.3 Å². The quantitative estimate of drug-likeness (QED) is 0.426. The third-order valence-corrected chi connectivity index (χ3v) is 8.69. The van der Waals surface area contributed by atoms with Crippen molar-refractivity contribution >= 4 is 21.7 Å². The van der Waals surface area contributed by atoms with Crippen molar-refractivity contribution in [3.63, 3.8) is 0 Å². The Hall–Kier alpha value is -2.75. The average molecular weight is 557 g/mol. The first-order chi connectivity index (χ1) is 18.6. The second kappa shape index (κ2) is 13.1. The molecule has 1 saturated carbocycles. The summed E-state index contributed by atoms with van der Waals surface area (Å²) in [4.78, 5) is 27.5. The summed E-state index contributed by atoms with van der Waals surface area (Å²) in [6.07, 6.45) is 8.67. The van der Waals surface area contributed by atoms with Crippen LogP contribution in [0.25, 0.3) is 11.1 Å². The molecule has 9 heteroatoms. The number of carbonyl (C=O) groups excluding carboxylic acids is 1. The standard InChI is InChI=1S/C30H40N2O6S/c1-21-8-6-7-11-25(21)27-18-22(19-32-16-14-24(20-32)38-23-9-4-3-5-10-23)12-13-26(27)29(33)31-28(30(34)35)15-17-39(2,36)37/h6-8,11-13,18,23-24,28H,3-5,9-10,14-17,19-20H2,1-2H3,(H,31,33)(H,34,35). The summed E-state index contributed by atoms with van der Waals surface area (Å²) in [7, 11) is -3.37. The largest absolute Gasteiger partial charge is 0.480 e. The van der Waals surface area contributed by atoms with Gasteiger partial charge in [0.25, 0.3) is 5.91 Å². The number of carboxylic acid groups (broad SMARTS) is 1. The highest BCUT2D eigenvalue weighted by Crippen LogP contribution is 2.30. The fourth-order valence-corrected chi connectivity index (χ4v) is 6.26. The Morgan fingerprint density at radius 3 is 2.49 bits per heavy atom. The van der Waals surface area contributed by atoms with Crippen LogP contribution in [0.5, 0.6) is 0 Å². The van der Waals surface area contributed by atoms with E-state index < -0.39 is 27.8 Å². The molecule has 2 atom stereocenters. The molecule has 2 aromatic rings. The summed E-state index contributed by atoms with van der Waals surface area (Å²) >= 11 is 0. The zero-order valence-corrected chi connectivity index (χ0v) is 23.7. The highest BCUT2D eigenvalue weighted by atomic mass is 32.2. The number of rotatable bonds is 11. The second-order valence-corrected chi connectivity index (χ2v) is 13.3. The summed E-state index contributed by atoms with van der Waals surface area (Å²) in [5.41, 5.74) is 4.04. The van der Waals surface area contributed by atoms with Gasteiger partial charge in [0, 0.05) is 31.5 Å². The van der Waals surface area contributed by atoms with E-state index in [0.717, 1.165) is 67.4 Å². The first-order valence-electron chi connectivity index (χ1n) is 13.9. The molecule has 1 amide bonds. The lowest BCUT2D eigenvalue weighted by molar-refractivity contribution is -0.139. The number of nitrogens with zero attached hydrogens (tertiary/aromatic N) is 1. The Morgan fingerprint density at radius 1 is 1.05 bits per heavy atom. The number of hydrogen-bond donors (Lipinski definition) is 2. The normalized spacial score (nSPS) is 19.6. The Morgan fingerprint density at radius 2 is 1.79 bits per heavy atom. The summed E-state index contributed by atoms with van der Waals surface area (Å²) in [6, 6.07) is 12.1. The predicted molar refractivity (Wildman–Crippen MR) is 151 cm³/mol. The van der Waals surface area contributed by atoms with E-state index in [1.54, 1.807) is 6.07 Å². The molecular formula is C30H40N2O6S. The first-order valence-corrected chi connectivity index (χ1v) is 15.9. The highest BCUT2D eigenvalue weighted by Gasteiger charge is 2.28. The predicted octanol–water partition coefficient (Wildman–Crippen LogP) is 4.20. The van der Waals surface area contributed by atoms with Crippen molar-refractivity contribution in [3.8, 4) is 11.1 Å². The summed E-state index contributed by atoms with van der Waals surface area (Å²) in [5.74, 6) is -2.13. The van der Waals surface area contributed by atoms with Gasteiger partial charge in [0.05, 0.1) is 18.0 Å². The topological polar surface area (TPSA) is 113 Å². The van der Waals surface area contributed by atoms with Crippen LogP contribution in [0.4, 0.5) is 0 Å². The fourth-order valence-electron chi connectivity index (χ4n) is 5.59. The Kier molecular flexibility index (Phi) is 9.80. The Balaban J connectivity index is 1.51. The van der Waals surface area contributed by atoms with E-state index in [4.69, 9.17) is 4.74 Å². The number of aryl methyl sites for hydroxylation is 1. The Labute approximate surface area is 231 Å². The number of carboxylic acids is 1. The molecule has 8 nitrogen and oxygen atoms in total. The SMILES string of the molecule is Cc1ccccc1-c1cc(CN2CCC(OC3CCCCC3)C2)ccc1C(=O)NC(CCS(C)(=O)=O)C(=O)O. The number of nitrogens with one attached hydrogen (secondary N) is 1. The molecule has 2 fully saturated rings. The lowest BCUT2D eigenvalue weighted by Crippen LogP contribution is -2.42. The number of likely N-dealkylation sites (tertiary alicyclic amines) is 1. The lowest BCUT2D eigenvalue weighted by Gasteiger charge is -2.25. The summed E-state index contributed by atoms with van der Waals surface area (Å²) in [5, 5.41) is 12.1. The van der Waals surface area contributed by atoms with E-state index in [0.29, 0.717) is 11.7 Å². The Bertz CT molecular complexity index is 1270. The van der Waals surface area contributed by atoms with Gasteiger partial charge >= 0.3 is 5.97 Å². The molecular weight excluding hydrogens is 516 g/mol. The number of amides is 1. The summed E-state index contributed by atoms with van der Waals surface area (Å²) < 4.78 is 29.5. The number of ether oxygens (including phenoxy) is 1. The maximum absolute atomic E-state index is 13.3. The minimum Gasteiger partial charge on any atom is -0.480 e. The second-order valence-electron chi connectivity index (χ2n) is 11.0. The van der Waals surface area contributed by atoms with Crippen molar-refractivity contribution in [3.05, 3.63) is 59.2 Å². The minimum atomic E-state index is -3.37. The van der Waals surface area contributed by atoms with Gasteiger partial charge in [-0.2, -0.15) is 0 Å². The van der Waals surface area contributed by atoms with E-state index in [1.165, 1.54) is 19.3 Å². The minimum absolute atomic E-state index is 0.198. The first kappa shape index (κ1) is 29.2. The van der Waals surface area contributed by atoms with Crippen molar-refractivity contribution in [1.82, 2.24) is 10.2 Å². The zero-order chi connectivity index (χ0) is 28.0. The number of benzene rings is 2. The third-order valence-electron chi connectivity index (χ3n) is 7.72. The maximum Gasteiger partial charge on any atom is 0.326 e. The van der Waals surface area contributed by atoms with Crippen molar-refractivity contribution in [2.75, 3.05) is 25.1 Å². The van der Waals surface area contributed by atoms with Crippen molar-refractivity contribution in [1.29, 1.82) is 0 Å². The van der Waals surface area contributed by atoms with Gasteiger partial charge in [-0.1, -0.05) is 49.6 Å². The van der Waals surface area contributed by atoms with Gasteiger partial charge in [0.15, 0.2) is 0 Å². The molecule has 1 aliphatic carbocycles. The number of hydrogen-bond acceptors (Lipinski definition) is 6. The van der Waals surface area contributed by atoms with Gasteiger partial charge in [-0.3, -0.25) is 9.69 Å². The molecule has 1 aliphatic heterocycles. The molecule has 0 spiro atoms. The molecule has 0 bridgehead atoms. The molecule has 212 valence electrons. The van der Waals surface area contributed by atoms with Gasteiger partial charge in [-0.25, -0.2) is 13.2 Å². The monoisotopic (exact) mass is 556 g/mol. The van der Waals surface area contributed by atoms with Gasteiger partial charge < -0.3 is 15.2 Å². The lowest BCUT2D eigenvalue weighted by atomic mass is 9.93. The smallest absolute Gasteiger partial charge is 0.326 e. The zero-order valence-electron chi connectivity index (χ0n) is 22.9. The molecule has 2 unspecified atom stereocenters. The fraction of sp³-hybridized carbons (Fsp3) is 0.533. The van der Waals surface area contributed by atoms with Crippen molar-refractivity contribution in [2.24, 2.45) is 0 Å². The van der Waals surface area contributed by atoms with Crippen LogP contribution in [0.15, 0.2) is 42.5 Å². The van der Waals surface area contributed by atoms with Gasteiger partial charge in [0.2, 0.25) is 0 Å². The molecule has 0 aromatic heterocycles. The van der Waals surface area contributed by atoms with Crippen molar-refractivity contribution in [2.45, 2.75) is 76.7 Å². The van der Waals surface area contributed by atoms with Crippen LogP contribution in [-0.4, -0.2) is 73.6 Å². The van der Waals surface area contributed by atoms with Crippen LogP contribution in [0.2, 0.25) is 0 Å². The third kappa shape index (κ3) is 8.37. The molecule has 2 N–H and O–H groups in total. The van der Waals surface area contributed by atoms with Crippen LogP contribution in [0.1, 0.15) is 66.4 Å². The van der Waals surface area contributed by atoms with Gasteiger partial charge in [-0.05, 0) is 67.0 Å². The average Bonchev–Trinajstić information content (AvgIpc) is 3.33. The summed E-state index contributed by atoms with van der Waals surface area (Å²) in [6.45, 7) is 4.56. The van der Waals surface area contributed by atoms with E-state index in [9.17, 15) is 23.1 Å². The van der Waals surface area contributed by atoms with Gasteiger partial charge in [-0.15, -0.1) is 0 Å². The van der Waals surface area contributed by atoms with E-state index in [1.807, 2.05) is 43.3 Å². The number of aliphatic carboxylic acids is 1. The van der Waals surface area contributed by atoms with Crippen LogP contribution in [0.3, 0.4) is 0 Å². The molecule has 1 heterocycles. The van der Waals surface area contributed by atoms with Crippen molar-refractivity contribution < 1.29 is 27.9 Å². The van der Waals surface area contributed by atoms with E-state index in [2.05, 4.69) is 10.2 Å². The molecule has 2 aromatic carbocycles. The van der Waals surface area contributed by atoms with E-state index >= 15 is 0 Å². The maximum atomic E-state index is 13.3. The van der Waals surface area contributed by atoms with Crippen LogP contribution >= 0.6 is 0 Å². The van der Waals surface area contributed by atoms with Crippen LogP contribution in [-0.2, 0) is 25.9 Å². The number of carbonyl (C=O) groups is 2. The van der Waals surface area contributed by atoms with Gasteiger partial charge in [0.1, 0.15) is 15.9 Å². The molecule has 1 saturated heterocycles. The van der Waals surface area contributed by atoms with Crippen LogP contribution < -0.4 is 5.32 Å². The number of sulfone groups is 1. The molecule has 39 heavy (non-hydrogen) atoms. The highest BCUT2D eigenvalue weighted by molar-refractivity contribution is 7.90. The van der Waals surface area contributed by atoms with Crippen LogP contribution in [0, 0.1) is 6.92 Å². The molecule has 0 radical (unpaired) electrons.